The van der Waals surface area contributed by atoms with Gasteiger partial charge in [0, 0.05) is 17.7 Å². The van der Waals surface area contributed by atoms with Gasteiger partial charge in [-0.15, -0.1) is 0 Å². The Labute approximate surface area is 230 Å². The van der Waals surface area contributed by atoms with E-state index < -0.39 is 4.92 Å². The smallest absolute Gasteiger partial charge is 0.269 e. The maximum atomic E-state index is 13.8. The Kier molecular flexibility index (Phi) is 7.84. The van der Waals surface area contributed by atoms with Crippen molar-refractivity contribution in [2.24, 2.45) is 4.99 Å². The number of non-ortho nitro benzene ring substituents is 1. The molecule has 4 aromatic carbocycles. The summed E-state index contributed by atoms with van der Waals surface area (Å²) in [7, 11) is 0. The minimum atomic E-state index is -0.431. The molecule has 1 heterocycles. The highest BCUT2D eigenvalue weighted by atomic mass is 32.2. The van der Waals surface area contributed by atoms with Crippen LogP contribution in [-0.2, 0) is 11.4 Å². The zero-order valence-corrected chi connectivity index (χ0v) is 22.0. The minimum Gasteiger partial charge on any atom is -0.488 e. The van der Waals surface area contributed by atoms with Gasteiger partial charge in [-0.3, -0.25) is 19.8 Å². The Morgan fingerprint density at radius 2 is 1.56 bits per heavy atom. The van der Waals surface area contributed by atoms with Gasteiger partial charge in [0.25, 0.3) is 11.6 Å². The lowest BCUT2D eigenvalue weighted by atomic mass is 10.1. The second-order valence-electron chi connectivity index (χ2n) is 8.85. The molecule has 0 saturated carbocycles. The molecular formula is C31H25N3O4S. The molecule has 0 aliphatic carbocycles. The minimum absolute atomic E-state index is 0.0305. The molecule has 0 N–H and O–H groups in total. The number of carbonyl (C=O) groups is 1. The molecule has 5 rings (SSSR count). The van der Waals surface area contributed by atoms with E-state index in [9.17, 15) is 14.9 Å². The molecule has 7 nitrogen and oxygen atoms in total. The fourth-order valence-corrected chi connectivity index (χ4v) is 5.21. The third-order valence-corrected chi connectivity index (χ3v) is 7.22. The van der Waals surface area contributed by atoms with E-state index >= 15 is 0 Å². The van der Waals surface area contributed by atoms with Crippen LogP contribution in [0.1, 0.15) is 29.7 Å². The van der Waals surface area contributed by atoms with Gasteiger partial charge in [0.05, 0.1) is 21.6 Å². The Morgan fingerprint density at radius 3 is 2.26 bits per heavy atom. The van der Waals surface area contributed by atoms with Crippen LogP contribution in [0.2, 0.25) is 0 Å². The average molecular weight is 536 g/mol. The first kappa shape index (κ1) is 25.9. The van der Waals surface area contributed by atoms with E-state index in [1.54, 1.807) is 17.0 Å². The Hall–Kier alpha value is -4.69. The molecule has 1 aliphatic rings. The lowest BCUT2D eigenvalue weighted by molar-refractivity contribution is -0.384. The van der Waals surface area contributed by atoms with Gasteiger partial charge in [0.2, 0.25) is 0 Å². The van der Waals surface area contributed by atoms with E-state index in [2.05, 4.69) is 0 Å². The molecule has 1 fully saturated rings. The van der Waals surface area contributed by atoms with Crippen molar-refractivity contribution in [3.05, 3.63) is 141 Å². The van der Waals surface area contributed by atoms with Crippen LogP contribution >= 0.6 is 11.8 Å². The summed E-state index contributed by atoms with van der Waals surface area (Å²) in [6, 6.07) is 33.0. The van der Waals surface area contributed by atoms with Gasteiger partial charge in [0.1, 0.15) is 12.4 Å². The average Bonchev–Trinajstić information content (AvgIpc) is 3.27. The molecule has 8 heteroatoms. The first-order valence-corrected chi connectivity index (χ1v) is 13.2. The number of nitro benzene ring substituents is 1. The summed E-state index contributed by atoms with van der Waals surface area (Å²) in [6.45, 7) is 2.23. The molecular weight excluding hydrogens is 510 g/mol. The Bertz CT molecular complexity index is 1540. The molecule has 0 aromatic heterocycles. The van der Waals surface area contributed by atoms with E-state index in [0.29, 0.717) is 15.8 Å². The van der Waals surface area contributed by atoms with Crippen molar-refractivity contribution < 1.29 is 14.5 Å². The number of nitro groups is 1. The van der Waals surface area contributed by atoms with Crippen molar-refractivity contribution in [3.63, 3.8) is 0 Å². The first-order chi connectivity index (χ1) is 19.0. The third kappa shape index (κ3) is 6.08. The van der Waals surface area contributed by atoms with Crippen LogP contribution in [0.4, 0.5) is 11.4 Å². The molecule has 1 saturated heterocycles. The summed E-state index contributed by atoms with van der Waals surface area (Å²) in [6.07, 6.45) is 1.83. The molecule has 0 bridgehead atoms. The number of thioether (sulfide) groups is 1. The van der Waals surface area contributed by atoms with Gasteiger partial charge in [-0.25, -0.2) is 4.99 Å². The summed E-state index contributed by atoms with van der Waals surface area (Å²) in [5.74, 6) is 0.476. The highest BCUT2D eigenvalue weighted by Gasteiger charge is 2.37. The van der Waals surface area contributed by atoms with E-state index in [0.717, 1.165) is 22.4 Å². The predicted octanol–water partition coefficient (Wildman–Crippen LogP) is 7.54. The number of aliphatic imine (C=N–C) groups is 1. The van der Waals surface area contributed by atoms with Crippen LogP contribution in [0.25, 0.3) is 6.08 Å². The number of amidine groups is 1. The molecule has 194 valence electrons. The van der Waals surface area contributed by atoms with E-state index in [-0.39, 0.29) is 24.2 Å². The number of benzene rings is 4. The number of amides is 1. The molecule has 0 radical (unpaired) electrons. The summed E-state index contributed by atoms with van der Waals surface area (Å²) < 4.78 is 6.06. The second kappa shape index (κ2) is 11.8. The molecule has 39 heavy (non-hydrogen) atoms. The zero-order valence-electron chi connectivity index (χ0n) is 21.1. The molecule has 0 unspecified atom stereocenters. The SMILES string of the molecule is C[C@@H](c1ccccc1)N1C(=O)/C(=C\c2ccccc2OCc2ccc([N+](=O)[O-])cc2)SC1=Nc1ccccc1. The van der Waals surface area contributed by atoms with Crippen LogP contribution in [0.5, 0.6) is 5.75 Å². The summed E-state index contributed by atoms with van der Waals surface area (Å²) in [4.78, 5) is 31.3. The topological polar surface area (TPSA) is 85.0 Å². The highest BCUT2D eigenvalue weighted by Crippen LogP contribution is 2.40. The lowest BCUT2D eigenvalue weighted by Crippen LogP contribution is -2.32. The van der Waals surface area contributed by atoms with Gasteiger partial charge < -0.3 is 4.74 Å². The number of para-hydroxylation sites is 2. The number of hydrogen-bond acceptors (Lipinski definition) is 6. The standard InChI is InChI=1S/C31H25N3O4S/c1-22(24-10-4-2-5-11-24)33-30(35)29(39-31(33)32-26-13-6-3-7-14-26)20-25-12-8-9-15-28(25)38-21-23-16-18-27(19-17-23)34(36)37/h2-20,22H,21H2,1H3/b29-20+,32-31?/t22-/m0/s1. The predicted molar refractivity (Wildman–Crippen MR) is 155 cm³/mol. The molecule has 1 amide bonds. The summed E-state index contributed by atoms with van der Waals surface area (Å²) in [5.41, 5.74) is 3.37. The molecule has 1 atom stereocenters. The maximum absolute atomic E-state index is 13.8. The van der Waals surface area contributed by atoms with Gasteiger partial charge in [-0.2, -0.15) is 0 Å². The molecule has 4 aromatic rings. The van der Waals surface area contributed by atoms with Gasteiger partial charge >= 0.3 is 0 Å². The van der Waals surface area contributed by atoms with Gasteiger partial charge in [0.15, 0.2) is 5.17 Å². The third-order valence-electron chi connectivity index (χ3n) is 6.23. The van der Waals surface area contributed by atoms with E-state index in [4.69, 9.17) is 9.73 Å². The zero-order chi connectivity index (χ0) is 27.2. The monoisotopic (exact) mass is 535 g/mol. The van der Waals surface area contributed by atoms with Crippen LogP contribution in [0, 0.1) is 10.1 Å². The van der Waals surface area contributed by atoms with Crippen molar-refractivity contribution >= 4 is 40.3 Å². The number of nitrogens with zero attached hydrogens (tertiary/aromatic N) is 3. The van der Waals surface area contributed by atoms with Crippen LogP contribution in [0.3, 0.4) is 0 Å². The number of hydrogen-bond donors (Lipinski definition) is 0. The van der Waals surface area contributed by atoms with Crippen molar-refractivity contribution in [2.75, 3.05) is 0 Å². The fourth-order valence-electron chi connectivity index (χ4n) is 4.15. The van der Waals surface area contributed by atoms with Crippen molar-refractivity contribution in [1.82, 2.24) is 4.90 Å². The Morgan fingerprint density at radius 1 is 0.923 bits per heavy atom. The molecule has 0 spiro atoms. The second-order valence-corrected chi connectivity index (χ2v) is 9.86. The highest BCUT2D eigenvalue weighted by molar-refractivity contribution is 8.18. The van der Waals surface area contributed by atoms with Crippen molar-refractivity contribution in [1.29, 1.82) is 0 Å². The van der Waals surface area contributed by atoms with Crippen molar-refractivity contribution in [3.8, 4) is 5.75 Å². The van der Waals surface area contributed by atoms with Crippen LogP contribution in [0.15, 0.2) is 119 Å². The fraction of sp³-hybridized carbons (Fsp3) is 0.0968. The van der Waals surface area contributed by atoms with E-state index in [1.807, 2.05) is 97.9 Å². The summed E-state index contributed by atoms with van der Waals surface area (Å²) in [5, 5.41) is 11.5. The largest absolute Gasteiger partial charge is 0.488 e. The summed E-state index contributed by atoms with van der Waals surface area (Å²) >= 11 is 1.34. The molecule has 1 aliphatic heterocycles. The quantitative estimate of drug-likeness (QED) is 0.132. The first-order valence-electron chi connectivity index (χ1n) is 12.4. The maximum Gasteiger partial charge on any atom is 0.269 e. The van der Waals surface area contributed by atoms with Crippen molar-refractivity contribution in [2.45, 2.75) is 19.6 Å². The van der Waals surface area contributed by atoms with Crippen LogP contribution in [-0.4, -0.2) is 20.9 Å². The number of rotatable bonds is 8. The normalized spacial score (nSPS) is 16.0. The lowest BCUT2D eigenvalue weighted by Gasteiger charge is -2.24. The van der Waals surface area contributed by atoms with Gasteiger partial charge in [-0.1, -0.05) is 66.7 Å². The number of carbonyl (C=O) groups excluding carboxylic acids is 1. The number of ether oxygens (including phenoxy) is 1. The van der Waals surface area contributed by atoms with Gasteiger partial charge in [-0.05, 0) is 66.2 Å². The Balaban J connectivity index is 1.43. The van der Waals surface area contributed by atoms with Crippen LogP contribution < -0.4 is 4.74 Å². The van der Waals surface area contributed by atoms with E-state index in [1.165, 1.54) is 23.9 Å².